The number of methoxy groups -OCH3 is 1. The molecule has 1 saturated heterocycles. The lowest BCUT2D eigenvalue weighted by atomic mass is 10.2. The molecule has 4 nitrogen and oxygen atoms in total. The zero-order valence-corrected chi connectivity index (χ0v) is 9.31. The first kappa shape index (κ1) is 10.2. The van der Waals surface area contributed by atoms with E-state index in [4.69, 9.17) is 4.74 Å². The molecule has 1 aliphatic heterocycles. The predicted octanol–water partition coefficient (Wildman–Crippen LogP) is 1.19. The number of anilines is 1. The first-order chi connectivity index (χ1) is 7.29. The largest absolute Gasteiger partial charge is 0.495 e. The van der Waals surface area contributed by atoms with Gasteiger partial charge >= 0.3 is 0 Å². The molecule has 1 aliphatic rings. The highest BCUT2D eigenvalue weighted by Gasteiger charge is 2.15. The van der Waals surface area contributed by atoms with Gasteiger partial charge in [-0.1, -0.05) is 0 Å². The molecule has 0 aliphatic carbocycles. The van der Waals surface area contributed by atoms with E-state index in [2.05, 4.69) is 21.8 Å². The van der Waals surface area contributed by atoms with E-state index in [9.17, 15) is 0 Å². The van der Waals surface area contributed by atoms with E-state index in [1.165, 1.54) is 13.0 Å². The van der Waals surface area contributed by atoms with Crippen LogP contribution < -0.4 is 9.64 Å². The van der Waals surface area contributed by atoms with Crippen LogP contribution in [0.5, 0.6) is 5.75 Å². The zero-order chi connectivity index (χ0) is 10.7. The monoisotopic (exact) mass is 207 g/mol. The summed E-state index contributed by atoms with van der Waals surface area (Å²) >= 11 is 0. The summed E-state index contributed by atoms with van der Waals surface area (Å²) in [5.74, 6) is 0.820. The molecule has 1 aromatic heterocycles. The van der Waals surface area contributed by atoms with Crippen molar-refractivity contribution in [3.63, 3.8) is 0 Å². The highest BCUT2D eigenvalue weighted by atomic mass is 16.5. The molecule has 0 radical (unpaired) electrons. The Hall–Kier alpha value is -1.29. The van der Waals surface area contributed by atoms with Crippen molar-refractivity contribution in [3.8, 4) is 5.75 Å². The van der Waals surface area contributed by atoms with Crippen molar-refractivity contribution in [1.82, 2.24) is 9.88 Å². The molecule has 0 N–H and O–H groups in total. The smallest absolute Gasteiger partial charge is 0.139 e. The average Bonchev–Trinajstić information content (AvgIpc) is 2.29. The maximum absolute atomic E-state index is 5.17. The van der Waals surface area contributed by atoms with E-state index in [1.54, 1.807) is 13.3 Å². The standard InChI is InChI=1S/C11H17N3O/c1-13-4-3-5-14(9-13)10-6-11(15-2)8-12-7-10/h6-8H,3-5,9H2,1-2H3. The molecule has 0 aromatic carbocycles. The number of ether oxygens (including phenoxy) is 1. The lowest BCUT2D eigenvalue weighted by molar-refractivity contribution is 0.291. The first-order valence-corrected chi connectivity index (χ1v) is 5.22. The molecule has 0 atom stereocenters. The fraction of sp³-hybridized carbons (Fsp3) is 0.545. The lowest BCUT2D eigenvalue weighted by Crippen LogP contribution is -2.42. The molecule has 0 bridgehead atoms. The lowest BCUT2D eigenvalue weighted by Gasteiger charge is -2.34. The van der Waals surface area contributed by atoms with Crippen LogP contribution in [0.2, 0.25) is 0 Å². The van der Waals surface area contributed by atoms with E-state index in [0.29, 0.717) is 0 Å². The van der Waals surface area contributed by atoms with Crippen molar-refractivity contribution in [2.45, 2.75) is 6.42 Å². The van der Waals surface area contributed by atoms with E-state index in [1.807, 2.05) is 12.3 Å². The van der Waals surface area contributed by atoms with Crippen LogP contribution in [-0.2, 0) is 0 Å². The number of aromatic nitrogens is 1. The van der Waals surface area contributed by atoms with E-state index < -0.39 is 0 Å². The number of hydrogen-bond donors (Lipinski definition) is 0. The van der Waals surface area contributed by atoms with Gasteiger partial charge in [-0.15, -0.1) is 0 Å². The Morgan fingerprint density at radius 1 is 1.33 bits per heavy atom. The van der Waals surface area contributed by atoms with Crippen LogP contribution in [0.15, 0.2) is 18.5 Å². The minimum atomic E-state index is 0.820. The SMILES string of the molecule is COc1cncc(N2CCCN(C)C2)c1. The molecule has 2 heterocycles. The highest BCUT2D eigenvalue weighted by molar-refractivity contribution is 5.48. The predicted molar refractivity (Wildman–Crippen MR) is 60.2 cm³/mol. The Balaban J connectivity index is 2.13. The van der Waals surface area contributed by atoms with Gasteiger partial charge in [0.25, 0.3) is 0 Å². The van der Waals surface area contributed by atoms with Crippen LogP contribution in [0.1, 0.15) is 6.42 Å². The summed E-state index contributed by atoms with van der Waals surface area (Å²) in [7, 11) is 3.81. The van der Waals surface area contributed by atoms with Crippen molar-refractivity contribution in [2.75, 3.05) is 38.8 Å². The molecular weight excluding hydrogens is 190 g/mol. The van der Waals surface area contributed by atoms with Gasteiger partial charge < -0.3 is 9.64 Å². The molecule has 1 fully saturated rings. The third-order valence-corrected chi connectivity index (χ3v) is 2.68. The first-order valence-electron chi connectivity index (χ1n) is 5.22. The van der Waals surface area contributed by atoms with Crippen molar-refractivity contribution in [1.29, 1.82) is 0 Å². The minimum absolute atomic E-state index is 0.820. The summed E-state index contributed by atoms with van der Waals surface area (Å²) < 4.78 is 5.17. The van der Waals surface area contributed by atoms with Crippen LogP contribution in [0, 0.1) is 0 Å². The van der Waals surface area contributed by atoms with Crippen LogP contribution >= 0.6 is 0 Å². The van der Waals surface area contributed by atoms with E-state index in [-0.39, 0.29) is 0 Å². The summed E-state index contributed by atoms with van der Waals surface area (Å²) in [5.41, 5.74) is 1.14. The molecule has 2 rings (SSSR count). The fourth-order valence-corrected chi connectivity index (χ4v) is 1.87. The van der Waals surface area contributed by atoms with Crippen LogP contribution in [-0.4, -0.2) is 43.8 Å². The second kappa shape index (κ2) is 4.49. The Bertz CT molecular complexity index is 329. The Morgan fingerprint density at radius 3 is 2.93 bits per heavy atom. The third-order valence-electron chi connectivity index (χ3n) is 2.68. The molecule has 0 amide bonds. The summed E-state index contributed by atoms with van der Waals surface area (Å²) in [5, 5.41) is 0. The summed E-state index contributed by atoms with van der Waals surface area (Å²) in [4.78, 5) is 8.80. The van der Waals surface area contributed by atoms with Crippen molar-refractivity contribution in [2.24, 2.45) is 0 Å². The number of hydrogen-bond acceptors (Lipinski definition) is 4. The van der Waals surface area contributed by atoms with Crippen molar-refractivity contribution in [3.05, 3.63) is 18.5 Å². The summed E-state index contributed by atoms with van der Waals surface area (Å²) in [6.07, 6.45) is 4.83. The maximum atomic E-state index is 5.17. The number of nitrogens with zero attached hydrogens (tertiary/aromatic N) is 3. The van der Waals surface area contributed by atoms with Crippen molar-refractivity contribution < 1.29 is 4.74 Å². The van der Waals surface area contributed by atoms with E-state index >= 15 is 0 Å². The maximum Gasteiger partial charge on any atom is 0.139 e. The van der Waals surface area contributed by atoms with Crippen LogP contribution in [0.25, 0.3) is 0 Å². The number of rotatable bonds is 2. The molecule has 1 aromatic rings. The van der Waals surface area contributed by atoms with E-state index in [0.717, 1.165) is 24.7 Å². The van der Waals surface area contributed by atoms with Gasteiger partial charge in [-0.3, -0.25) is 9.88 Å². The van der Waals surface area contributed by atoms with Gasteiger partial charge in [0.1, 0.15) is 5.75 Å². The zero-order valence-electron chi connectivity index (χ0n) is 9.31. The molecule has 0 unspecified atom stereocenters. The minimum Gasteiger partial charge on any atom is -0.495 e. The van der Waals surface area contributed by atoms with Gasteiger partial charge in [0, 0.05) is 19.2 Å². The Labute approximate surface area is 90.5 Å². The third kappa shape index (κ3) is 2.39. The quantitative estimate of drug-likeness (QED) is 0.728. The summed E-state index contributed by atoms with van der Waals surface area (Å²) in [6.45, 7) is 3.24. The number of pyridine rings is 1. The molecule has 0 spiro atoms. The topological polar surface area (TPSA) is 28.6 Å². The fourth-order valence-electron chi connectivity index (χ4n) is 1.87. The van der Waals surface area contributed by atoms with Gasteiger partial charge in [0.2, 0.25) is 0 Å². The van der Waals surface area contributed by atoms with Gasteiger partial charge in [-0.25, -0.2) is 0 Å². The van der Waals surface area contributed by atoms with Gasteiger partial charge in [-0.2, -0.15) is 0 Å². The van der Waals surface area contributed by atoms with Crippen LogP contribution in [0.3, 0.4) is 0 Å². The molecular formula is C11H17N3O. The molecule has 0 saturated carbocycles. The van der Waals surface area contributed by atoms with Gasteiger partial charge in [0.15, 0.2) is 0 Å². The van der Waals surface area contributed by atoms with Crippen LogP contribution in [0.4, 0.5) is 5.69 Å². The van der Waals surface area contributed by atoms with Gasteiger partial charge in [0.05, 0.1) is 31.9 Å². The molecule has 4 heteroatoms. The molecule has 82 valence electrons. The Morgan fingerprint density at radius 2 is 2.20 bits per heavy atom. The highest BCUT2D eigenvalue weighted by Crippen LogP contribution is 2.21. The second-order valence-corrected chi connectivity index (χ2v) is 3.92. The summed E-state index contributed by atoms with van der Waals surface area (Å²) in [6, 6.07) is 2.03. The normalized spacial score (nSPS) is 17.9. The van der Waals surface area contributed by atoms with Crippen molar-refractivity contribution >= 4 is 5.69 Å². The average molecular weight is 207 g/mol. The van der Waals surface area contributed by atoms with Gasteiger partial charge in [-0.05, 0) is 13.5 Å². The Kier molecular flexibility index (Phi) is 3.06. The second-order valence-electron chi connectivity index (χ2n) is 3.92. The molecule has 15 heavy (non-hydrogen) atoms.